The van der Waals surface area contributed by atoms with Gasteiger partial charge < -0.3 is 15.1 Å². The van der Waals surface area contributed by atoms with E-state index in [9.17, 15) is 18.8 Å². The summed E-state index contributed by atoms with van der Waals surface area (Å²) in [6.45, 7) is 0. The Hall–Kier alpha value is -4.63. The zero-order valence-electron chi connectivity index (χ0n) is 18.6. The van der Waals surface area contributed by atoms with Gasteiger partial charge in [-0.1, -0.05) is 30.0 Å². The number of halogens is 1. The van der Waals surface area contributed by atoms with Gasteiger partial charge in [0.2, 0.25) is 0 Å². The lowest BCUT2D eigenvalue weighted by molar-refractivity contribution is -0.120. The van der Waals surface area contributed by atoms with E-state index in [1.165, 1.54) is 30.5 Å². The summed E-state index contributed by atoms with van der Waals surface area (Å²) < 4.78 is 18.5. The maximum atomic E-state index is 13.4. The molecule has 3 amide bonds. The van der Waals surface area contributed by atoms with Crippen LogP contribution in [0.1, 0.15) is 10.6 Å². The minimum atomic E-state index is -0.514. The third-order valence-electron chi connectivity index (χ3n) is 5.25. The highest BCUT2D eigenvalue weighted by atomic mass is 32.2. The molecule has 4 aromatic rings. The topological polar surface area (TPSA) is 91.7 Å². The number of thioether (sulfide) groups is 1. The summed E-state index contributed by atoms with van der Waals surface area (Å²) in [5, 5.41) is 5.71. The highest BCUT2D eigenvalue weighted by molar-refractivity contribution is 8.04. The van der Waals surface area contributed by atoms with E-state index in [0.29, 0.717) is 22.0 Å². The highest BCUT2D eigenvalue weighted by Crippen LogP contribution is 2.38. The van der Waals surface area contributed by atoms with Crippen LogP contribution in [0.4, 0.5) is 21.5 Å². The summed E-state index contributed by atoms with van der Waals surface area (Å²) in [6, 6.07) is 24.2. The second-order valence-electron chi connectivity index (χ2n) is 7.68. The molecule has 7 nitrogen and oxygen atoms in total. The third-order valence-corrected chi connectivity index (χ3v) is 6.34. The smallest absolute Gasteiger partial charge is 0.291 e. The molecule has 0 atom stereocenters. The molecule has 0 radical (unpaired) electrons. The van der Waals surface area contributed by atoms with E-state index in [0.717, 1.165) is 16.7 Å². The van der Waals surface area contributed by atoms with Gasteiger partial charge in [0.25, 0.3) is 17.7 Å². The Bertz CT molecular complexity index is 1450. The number of nitrogens with zero attached hydrogens (tertiary/aromatic N) is 1. The number of imide groups is 1. The van der Waals surface area contributed by atoms with Gasteiger partial charge in [-0.15, -0.1) is 0 Å². The van der Waals surface area contributed by atoms with Crippen LogP contribution in [0.2, 0.25) is 0 Å². The van der Waals surface area contributed by atoms with Crippen LogP contribution in [0.15, 0.2) is 117 Å². The Kier molecular flexibility index (Phi) is 6.38. The number of para-hydroxylation sites is 1. The summed E-state index contributed by atoms with van der Waals surface area (Å²) in [4.78, 5) is 40.9. The molecule has 1 aromatic heterocycles. The van der Waals surface area contributed by atoms with Gasteiger partial charge in [0, 0.05) is 16.3 Å². The summed E-state index contributed by atoms with van der Waals surface area (Å²) >= 11 is 1.12. The number of furan rings is 1. The first kappa shape index (κ1) is 23.1. The number of amides is 3. The molecule has 9 heteroatoms. The van der Waals surface area contributed by atoms with Gasteiger partial charge in [-0.05, 0) is 72.8 Å². The van der Waals surface area contributed by atoms with Crippen LogP contribution in [0.5, 0.6) is 0 Å². The van der Waals surface area contributed by atoms with Gasteiger partial charge in [0.1, 0.15) is 16.4 Å². The molecule has 0 saturated heterocycles. The van der Waals surface area contributed by atoms with Crippen LogP contribution in [0.3, 0.4) is 0 Å². The fraction of sp³-hybridized carbons (Fsp3) is 0. The lowest BCUT2D eigenvalue weighted by atomic mass is 10.3. The molecule has 1 aliphatic rings. The molecule has 178 valence electrons. The van der Waals surface area contributed by atoms with Crippen molar-refractivity contribution in [2.24, 2.45) is 0 Å². The average Bonchev–Trinajstić information content (AvgIpc) is 3.51. The predicted molar refractivity (Wildman–Crippen MR) is 135 cm³/mol. The summed E-state index contributed by atoms with van der Waals surface area (Å²) in [5.41, 5.74) is 1.55. The molecule has 1 aliphatic heterocycles. The Labute approximate surface area is 209 Å². The fourth-order valence-electron chi connectivity index (χ4n) is 3.53. The van der Waals surface area contributed by atoms with Crippen LogP contribution in [-0.2, 0) is 9.59 Å². The van der Waals surface area contributed by atoms with Gasteiger partial charge >= 0.3 is 0 Å². The summed E-state index contributed by atoms with van der Waals surface area (Å²) in [5.74, 6) is -1.60. The van der Waals surface area contributed by atoms with Crippen molar-refractivity contribution < 1.29 is 23.2 Å². The Balaban J connectivity index is 1.41. The van der Waals surface area contributed by atoms with Crippen LogP contribution < -0.4 is 15.5 Å². The van der Waals surface area contributed by atoms with E-state index in [1.54, 1.807) is 66.7 Å². The number of hydrogen-bond acceptors (Lipinski definition) is 6. The van der Waals surface area contributed by atoms with Crippen molar-refractivity contribution in [2.45, 2.75) is 4.90 Å². The van der Waals surface area contributed by atoms with Crippen molar-refractivity contribution in [1.29, 1.82) is 0 Å². The van der Waals surface area contributed by atoms with Crippen molar-refractivity contribution in [3.05, 3.63) is 119 Å². The number of anilines is 3. The van der Waals surface area contributed by atoms with Gasteiger partial charge in [-0.3, -0.25) is 14.4 Å². The molecule has 0 spiro atoms. The Morgan fingerprint density at radius 1 is 0.806 bits per heavy atom. The van der Waals surface area contributed by atoms with Crippen molar-refractivity contribution in [3.8, 4) is 0 Å². The third kappa shape index (κ3) is 4.77. The molecule has 3 aromatic carbocycles. The number of carbonyl (C=O) groups is 3. The van der Waals surface area contributed by atoms with Crippen LogP contribution in [0, 0.1) is 5.82 Å². The molecule has 0 fully saturated rings. The van der Waals surface area contributed by atoms with Crippen molar-refractivity contribution >= 4 is 46.5 Å². The summed E-state index contributed by atoms with van der Waals surface area (Å²) in [7, 11) is 0. The van der Waals surface area contributed by atoms with Gasteiger partial charge in [0.15, 0.2) is 5.76 Å². The molecule has 0 unspecified atom stereocenters. The van der Waals surface area contributed by atoms with E-state index in [4.69, 9.17) is 4.42 Å². The zero-order valence-corrected chi connectivity index (χ0v) is 19.4. The minimum Gasteiger partial charge on any atom is -0.459 e. The lowest BCUT2D eigenvalue weighted by Crippen LogP contribution is -2.32. The first-order valence-electron chi connectivity index (χ1n) is 10.8. The van der Waals surface area contributed by atoms with Gasteiger partial charge in [-0.25, -0.2) is 9.29 Å². The molecule has 2 N–H and O–H groups in total. The monoisotopic (exact) mass is 499 g/mol. The standard InChI is InChI=1S/C27H18FN3O4S/c28-17-8-10-18(11-9-17)29-23-24(27(34)31(26(23)33)20-5-2-1-3-6-20)36-21-14-12-19(13-15-21)30-25(32)22-7-4-16-35-22/h1-16,29H,(H,30,32). The van der Waals surface area contributed by atoms with Crippen molar-refractivity contribution in [1.82, 2.24) is 0 Å². The Morgan fingerprint density at radius 3 is 2.17 bits per heavy atom. The van der Waals surface area contributed by atoms with Crippen LogP contribution >= 0.6 is 11.8 Å². The maximum Gasteiger partial charge on any atom is 0.291 e. The van der Waals surface area contributed by atoms with Crippen LogP contribution in [0.25, 0.3) is 0 Å². The van der Waals surface area contributed by atoms with E-state index >= 15 is 0 Å². The lowest BCUT2D eigenvalue weighted by Gasteiger charge is -2.15. The number of benzene rings is 3. The molecule has 0 bridgehead atoms. The molecule has 0 saturated carbocycles. The normalized spacial score (nSPS) is 13.3. The molecular formula is C27H18FN3O4S. The van der Waals surface area contributed by atoms with E-state index in [2.05, 4.69) is 10.6 Å². The summed E-state index contributed by atoms with van der Waals surface area (Å²) in [6.07, 6.45) is 1.42. The van der Waals surface area contributed by atoms with Gasteiger partial charge in [-0.2, -0.15) is 0 Å². The van der Waals surface area contributed by atoms with E-state index in [-0.39, 0.29) is 22.3 Å². The second-order valence-corrected chi connectivity index (χ2v) is 8.76. The van der Waals surface area contributed by atoms with Crippen molar-refractivity contribution in [2.75, 3.05) is 15.5 Å². The first-order chi connectivity index (χ1) is 17.5. The van der Waals surface area contributed by atoms with Crippen LogP contribution in [-0.4, -0.2) is 17.7 Å². The molecule has 2 heterocycles. The number of nitrogens with one attached hydrogen (secondary N) is 2. The van der Waals surface area contributed by atoms with E-state index < -0.39 is 17.6 Å². The average molecular weight is 500 g/mol. The predicted octanol–water partition coefficient (Wildman–Crippen LogP) is 5.66. The fourth-order valence-corrected chi connectivity index (χ4v) is 4.46. The quantitative estimate of drug-likeness (QED) is 0.319. The number of rotatable bonds is 7. The van der Waals surface area contributed by atoms with Crippen molar-refractivity contribution in [3.63, 3.8) is 0 Å². The molecule has 5 rings (SSSR count). The zero-order chi connectivity index (χ0) is 25.1. The van der Waals surface area contributed by atoms with E-state index in [1.807, 2.05) is 0 Å². The second kappa shape index (κ2) is 9.93. The molecule has 0 aliphatic carbocycles. The maximum absolute atomic E-state index is 13.4. The largest absolute Gasteiger partial charge is 0.459 e. The number of hydrogen-bond donors (Lipinski definition) is 2. The molecule has 36 heavy (non-hydrogen) atoms. The first-order valence-corrected chi connectivity index (χ1v) is 11.6. The minimum absolute atomic E-state index is 0.0932. The SMILES string of the molecule is O=C(Nc1ccc(SC2=C(Nc3ccc(F)cc3)C(=O)N(c3ccccc3)C2=O)cc1)c1ccco1. The highest BCUT2D eigenvalue weighted by Gasteiger charge is 2.40. The van der Waals surface area contributed by atoms with Gasteiger partial charge in [0.05, 0.1) is 12.0 Å². The Morgan fingerprint density at radius 2 is 1.50 bits per heavy atom. The molecular weight excluding hydrogens is 481 g/mol. The number of carbonyl (C=O) groups excluding carboxylic acids is 3.